The standard InChI is InChI=1S/C18H19F2N3O/c19-13-5-6-16(15(20)11-13)22-14-7-8-21-17(12-14)18(24)23-9-3-1-2-4-10-23/h5-8,11-12H,1-4,9-10H2,(H,21,22). The topological polar surface area (TPSA) is 45.2 Å². The van der Waals surface area contributed by atoms with Gasteiger partial charge in [-0.1, -0.05) is 12.8 Å². The second-order valence-corrected chi connectivity index (χ2v) is 5.89. The molecule has 0 radical (unpaired) electrons. The molecule has 1 aromatic heterocycles. The molecule has 3 rings (SSSR count). The highest BCUT2D eigenvalue weighted by atomic mass is 19.1. The van der Waals surface area contributed by atoms with Crippen molar-refractivity contribution in [3.05, 3.63) is 53.9 Å². The third kappa shape index (κ3) is 3.88. The molecular formula is C18H19F2N3O. The number of benzene rings is 1. The average molecular weight is 331 g/mol. The van der Waals surface area contributed by atoms with Gasteiger partial charge in [0.1, 0.15) is 17.3 Å². The zero-order chi connectivity index (χ0) is 16.9. The second kappa shape index (κ2) is 7.38. The van der Waals surface area contributed by atoms with Crippen LogP contribution < -0.4 is 5.32 Å². The first kappa shape index (κ1) is 16.4. The Hall–Kier alpha value is -2.50. The SMILES string of the molecule is O=C(c1cc(Nc2ccc(F)cc2F)ccn1)N1CCCCCC1. The lowest BCUT2D eigenvalue weighted by Gasteiger charge is -2.20. The second-order valence-electron chi connectivity index (χ2n) is 5.89. The van der Waals surface area contributed by atoms with Gasteiger partial charge in [-0.05, 0) is 37.1 Å². The molecule has 1 aromatic carbocycles. The zero-order valence-corrected chi connectivity index (χ0v) is 13.3. The van der Waals surface area contributed by atoms with Crippen molar-refractivity contribution in [2.45, 2.75) is 25.7 Å². The van der Waals surface area contributed by atoms with E-state index in [0.717, 1.165) is 44.8 Å². The van der Waals surface area contributed by atoms with Gasteiger partial charge in [-0.25, -0.2) is 8.78 Å². The van der Waals surface area contributed by atoms with Gasteiger partial charge in [0.05, 0.1) is 5.69 Å². The minimum atomic E-state index is -0.688. The number of likely N-dealkylation sites (tertiary alicyclic amines) is 1. The van der Waals surface area contributed by atoms with Crippen LogP contribution >= 0.6 is 0 Å². The Morgan fingerprint density at radius 2 is 1.79 bits per heavy atom. The molecule has 1 saturated heterocycles. The lowest BCUT2D eigenvalue weighted by Crippen LogP contribution is -2.32. The third-order valence-corrected chi connectivity index (χ3v) is 4.08. The summed E-state index contributed by atoms with van der Waals surface area (Å²) in [6.07, 6.45) is 5.80. The Labute approximate surface area is 139 Å². The number of halogens is 2. The van der Waals surface area contributed by atoms with Gasteiger partial charge in [-0.15, -0.1) is 0 Å². The van der Waals surface area contributed by atoms with Crippen LogP contribution in [0.25, 0.3) is 0 Å². The summed E-state index contributed by atoms with van der Waals surface area (Å²) in [5, 5.41) is 2.86. The number of hydrogen-bond acceptors (Lipinski definition) is 3. The summed E-state index contributed by atoms with van der Waals surface area (Å²) < 4.78 is 26.7. The molecule has 0 unspecified atom stereocenters. The van der Waals surface area contributed by atoms with Crippen molar-refractivity contribution < 1.29 is 13.6 Å². The molecule has 126 valence electrons. The van der Waals surface area contributed by atoms with Gasteiger partial charge in [0.15, 0.2) is 0 Å². The molecule has 2 aromatic rings. The predicted octanol–water partition coefficient (Wildman–Crippen LogP) is 4.12. The Balaban J connectivity index is 1.77. The highest BCUT2D eigenvalue weighted by Gasteiger charge is 2.18. The Kier molecular flexibility index (Phi) is 5.03. The van der Waals surface area contributed by atoms with E-state index >= 15 is 0 Å². The summed E-state index contributed by atoms with van der Waals surface area (Å²) in [6, 6.07) is 6.54. The molecule has 1 aliphatic heterocycles. The number of aromatic nitrogens is 1. The number of nitrogens with one attached hydrogen (secondary N) is 1. The molecular weight excluding hydrogens is 312 g/mol. The molecule has 1 amide bonds. The summed E-state index contributed by atoms with van der Waals surface area (Å²) >= 11 is 0. The van der Waals surface area contributed by atoms with Gasteiger partial charge in [0, 0.05) is 31.0 Å². The van der Waals surface area contributed by atoms with E-state index in [0.29, 0.717) is 11.4 Å². The van der Waals surface area contributed by atoms with E-state index in [9.17, 15) is 13.6 Å². The number of rotatable bonds is 3. The van der Waals surface area contributed by atoms with E-state index in [2.05, 4.69) is 10.3 Å². The van der Waals surface area contributed by atoms with Crippen LogP contribution in [0.15, 0.2) is 36.5 Å². The maximum absolute atomic E-state index is 13.7. The molecule has 1 fully saturated rings. The quantitative estimate of drug-likeness (QED) is 0.920. The molecule has 4 nitrogen and oxygen atoms in total. The van der Waals surface area contributed by atoms with E-state index in [1.807, 2.05) is 4.90 Å². The molecule has 0 aliphatic carbocycles. The number of nitrogens with zero attached hydrogens (tertiary/aromatic N) is 2. The van der Waals surface area contributed by atoms with Gasteiger partial charge in [-0.3, -0.25) is 9.78 Å². The monoisotopic (exact) mass is 331 g/mol. The van der Waals surface area contributed by atoms with Crippen molar-refractivity contribution in [3.63, 3.8) is 0 Å². The summed E-state index contributed by atoms with van der Waals surface area (Å²) in [7, 11) is 0. The Morgan fingerprint density at radius 3 is 2.50 bits per heavy atom. The minimum absolute atomic E-state index is 0.111. The fourth-order valence-corrected chi connectivity index (χ4v) is 2.81. The third-order valence-electron chi connectivity index (χ3n) is 4.08. The van der Waals surface area contributed by atoms with Crippen molar-refractivity contribution >= 4 is 17.3 Å². The average Bonchev–Trinajstić information content (AvgIpc) is 2.86. The molecule has 6 heteroatoms. The molecule has 0 atom stereocenters. The van der Waals surface area contributed by atoms with Crippen LogP contribution in [0.1, 0.15) is 36.2 Å². The van der Waals surface area contributed by atoms with Crippen LogP contribution in [0, 0.1) is 11.6 Å². The lowest BCUT2D eigenvalue weighted by atomic mass is 10.2. The Morgan fingerprint density at radius 1 is 1.04 bits per heavy atom. The van der Waals surface area contributed by atoms with Crippen LogP contribution in [-0.2, 0) is 0 Å². The van der Waals surface area contributed by atoms with Gasteiger partial charge < -0.3 is 10.2 Å². The first-order valence-corrected chi connectivity index (χ1v) is 8.11. The maximum Gasteiger partial charge on any atom is 0.272 e. The van der Waals surface area contributed by atoms with Gasteiger partial charge in [0.25, 0.3) is 5.91 Å². The molecule has 24 heavy (non-hydrogen) atoms. The number of amides is 1. The molecule has 2 heterocycles. The summed E-state index contributed by atoms with van der Waals surface area (Å²) in [5.74, 6) is -1.43. The van der Waals surface area contributed by atoms with E-state index in [1.165, 1.54) is 18.3 Å². The number of hydrogen-bond donors (Lipinski definition) is 1. The van der Waals surface area contributed by atoms with Crippen molar-refractivity contribution in [1.29, 1.82) is 0 Å². The first-order valence-electron chi connectivity index (χ1n) is 8.11. The molecule has 0 saturated carbocycles. The van der Waals surface area contributed by atoms with Crippen LogP contribution in [0.5, 0.6) is 0 Å². The van der Waals surface area contributed by atoms with Gasteiger partial charge >= 0.3 is 0 Å². The molecule has 1 N–H and O–H groups in total. The van der Waals surface area contributed by atoms with Gasteiger partial charge in [0.2, 0.25) is 0 Å². The van der Waals surface area contributed by atoms with Crippen LogP contribution in [-0.4, -0.2) is 28.9 Å². The number of pyridine rings is 1. The van der Waals surface area contributed by atoms with Gasteiger partial charge in [-0.2, -0.15) is 0 Å². The van der Waals surface area contributed by atoms with Crippen molar-refractivity contribution in [2.75, 3.05) is 18.4 Å². The van der Waals surface area contributed by atoms with Crippen molar-refractivity contribution in [2.24, 2.45) is 0 Å². The molecule has 0 spiro atoms. The van der Waals surface area contributed by atoms with Crippen LogP contribution in [0.3, 0.4) is 0 Å². The number of carbonyl (C=O) groups is 1. The van der Waals surface area contributed by atoms with Crippen molar-refractivity contribution in [3.8, 4) is 0 Å². The summed E-state index contributed by atoms with van der Waals surface area (Å²) in [4.78, 5) is 18.5. The largest absolute Gasteiger partial charge is 0.353 e. The Bertz CT molecular complexity index is 728. The number of anilines is 2. The number of carbonyl (C=O) groups excluding carboxylic acids is 1. The normalized spacial score (nSPS) is 15.0. The van der Waals surface area contributed by atoms with E-state index in [1.54, 1.807) is 12.1 Å². The predicted molar refractivity (Wildman–Crippen MR) is 88.2 cm³/mol. The smallest absolute Gasteiger partial charge is 0.272 e. The van der Waals surface area contributed by atoms with Crippen molar-refractivity contribution in [1.82, 2.24) is 9.88 Å². The van der Waals surface area contributed by atoms with E-state index in [-0.39, 0.29) is 11.6 Å². The summed E-state index contributed by atoms with van der Waals surface area (Å²) in [5.41, 5.74) is 1.01. The van der Waals surface area contributed by atoms with Crippen LogP contribution in [0.2, 0.25) is 0 Å². The lowest BCUT2D eigenvalue weighted by molar-refractivity contribution is 0.0756. The highest BCUT2D eigenvalue weighted by molar-refractivity contribution is 5.93. The fraction of sp³-hybridized carbons (Fsp3) is 0.333. The fourth-order valence-electron chi connectivity index (χ4n) is 2.81. The van der Waals surface area contributed by atoms with E-state index in [4.69, 9.17) is 0 Å². The molecule has 1 aliphatic rings. The minimum Gasteiger partial charge on any atom is -0.353 e. The maximum atomic E-state index is 13.7. The zero-order valence-electron chi connectivity index (χ0n) is 13.3. The van der Waals surface area contributed by atoms with Crippen LogP contribution in [0.4, 0.5) is 20.2 Å². The summed E-state index contributed by atoms with van der Waals surface area (Å²) in [6.45, 7) is 1.48. The van der Waals surface area contributed by atoms with E-state index < -0.39 is 11.6 Å². The molecule has 0 bridgehead atoms. The first-order chi connectivity index (χ1) is 11.6. The highest BCUT2D eigenvalue weighted by Crippen LogP contribution is 2.21.